The third-order valence-electron chi connectivity index (χ3n) is 3.60. The highest BCUT2D eigenvalue weighted by Gasteiger charge is 2.15. The fourth-order valence-electron chi connectivity index (χ4n) is 2.28. The van der Waals surface area contributed by atoms with E-state index in [0.717, 1.165) is 30.3 Å². The van der Waals surface area contributed by atoms with Crippen molar-refractivity contribution in [2.24, 2.45) is 0 Å². The van der Waals surface area contributed by atoms with Gasteiger partial charge >= 0.3 is 0 Å². The maximum absolute atomic E-state index is 5.73. The Balaban J connectivity index is 0.000000253. The van der Waals surface area contributed by atoms with Gasteiger partial charge in [-0.25, -0.2) is 15.0 Å². The van der Waals surface area contributed by atoms with Crippen molar-refractivity contribution in [1.82, 2.24) is 19.5 Å². The molecular weight excluding hydrogens is 389 g/mol. The fourth-order valence-corrected chi connectivity index (χ4v) is 3.60. The molecule has 0 unspecified atom stereocenters. The van der Waals surface area contributed by atoms with Crippen molar-refractivity contribution >= 4 is 37.0 Å². The Bertz CT molecular complexity index is 830. The summed E-state index contributed by atoms with van der Waals surface area (Å²) in [5.74, 6) is 0.391. The predicted octanol–water partition coefficient (Wildman–Crippen LogP) is 3.47. The van der Waals surface area contributed by atoms with Crippen LogP contribution in [0.5, 0.6) is 0 Å². The van der Waals surface area contributed by atoms with Gasteiger partial charge in [0.2, 0.25) is 0 Å². The Kier molecular flexibility index (Phi) is 7.74. The molecule has 0 radical (unpaired) electrons. The number of halogens is 1. The minimum absolute atomic E-state index is 0.391. The summed E-state index contributed by atoms with van der Waals surface area (Å²) in [6.45, 7) is 2.71. The smallest absolute Gasteiger partial charge is 0.198 e. The van der Waals surface area contributed by atoms with Crippen molar-refractivity contribution in [3.63, 3.8) is 0 Å². The van der Waals surface area contributed by atoms with Gasteiger partial charge in [-0.2, -0.15) is 0 Å². The van der Waals surface area contributed by atoms with Gasteiger partial charge in [-0.15, -0.1) is 0 Å². The molecular formula is C17H21ClN5O3P. The molecule has 1 aliphatic rings. The minimum Gasteiger partial charge on any atom is -0.382 e. The first-order valence-electron chi connectivity index (χ1n) is 8.47. The van der Waals surface area contributed by atoms with E-state index in [1.807, 2.05) is 34.9 Å². The standard InChI is InChI=1S/C11H16N5O3P.C6H5Cl/c12-10-9-11(14-6-13-10)16(7-15-9)2-5-17-8-20-18-3-1-4-19-20;7-6-4-2-1-3-5-6/h6-7H,1-5,8H2,(H2,12,13,14);1-5H. The summed E-state index contributed by atoms with van der Waals surface area (Å²) in [6, 6.07) is 9.44. The molecule has 8 nitrogen and oxygen atoms in total. The molecule has 3 heterocycles. The van der Waals surface area contributed by atoms with Gasteiger partial charge in [0.25, 0.3) is 0 Å². The van der Waals surface area contributed by atoms with Crippen LogP contribution in [0.4, 0.5) is 5.82 Å². The first-order chi connectivity index (χ1) is 13.2. The van der Waals surface area contributed by atoms with Crippen LogP contribution in [0.25, 0.3) is 11.2 Å². The van der Waals surface area contributed by atoms with Gasteiger partial charge in [0.1, 0.15) is 18.2 Å². The topological polar surface area (TPSA) is 97.3 Å². The number of nitrogens with zero attached hydrogens (tertiary/aromatic N) is 4. The van der Waals surface area contributed by atoms with E-state index in [1.165, 1.54) is 6.33 Å². The Morgan fingerprint density at radius 3 is 2.63 bits per heavy atom. The first kappa shape index (κ1) is 19.9. The lowest BCUT2D eigenvalue weighted by Crippen LogP contribution is -2.11. The lowest BCUT2D eigenvalue weighted by atomic mass is 10.4. The lowest BCUT2D eigenvalue weighted by molar-refractivity contribution is 0.123. The molecule has 0 atom stereocenters. The number of fused-ring (bicyclic) bond motifs is 1. The number of imidazole rings is 1. The van der Waals surface area contributed by atoms with Gasteiger partial charge in [-0.05, 0) is 18.6 Å². The van der Waals surface area contributed by atoms with Gasteiger partial charge in [-0.1, -0.05) is 29.8 Å². The van der Waals surface area contributed by atoms with Gasteiger partial charge in [0.05, 0.1) is 26.1 Å². The number of nitrogen functional groups attached to an aromatic ring is 1. The monoisotopic (exact) mass is 409 g/mol. The predicted molar refractivity (Wildman–Crippen MR) is 105 cm³/mol. The van der Waals surface area contributed by atoms with Crippen LogP contribution < -0.4 is 5.73 Å². The second-order valence-electron chi connectivity index (χ2n) is 5.55. The molecule has 0 spiro atoms. The van der Waals surface area contributed by atoms with Crippen LogP contribution in [0.1, 0.15) is 6.42 Å². The highest BCUT2D eigenvalue weighted by atomic mass is 35.5. The van der Waals surface area contributed by atoms with Crippen LogP contribution in [0.3, 0.4) is 0 Å². The van der Waals surface area contributed by atoms with Crippen molar-refractivity contribution in [3.8, 4) is 0 Å². The average molecular weight is 410 g/mol. The molecule has 1 fully saturated rings. The molecule has 1 aromatic carbocycles. The van der Waals surface area contributed by atoms with Crippen molar-refractivity contribution < 1.29 is 13.8 Å². The molecule has 0 amide bonds. The van der Waals surface area contributed by atoms with Crippen LogP contribution in [0, 0.1) is 0 Å². The van der Waals surface area contributed by atoms with Crippen molar-refractivity contribution in [3.05, 3.63) is 48.0 Å². The van der Waals surface area contributed by atoms with Crippen LogP contribution in [0.2, 0.25) is 5.02 Å². The van der Waals surface area contributed by atoms with Crippen molar-refractivity contribution in [2.45, 2.75) is 13.0 Å². The zero-order valence-corrected chi connectivity index (χ0v) is 16.4. The summed E-state index contributed by atoms with van der Waals surface area (Å²) in [6.07, 6.45) is 4.59. The highest BCUT2D eigenvalue weighted by Crippen LogP contribution is 2.40. The van der Waals surface area contributed by atoms with E-state index in [9.17, 15) is 0 Å². The second-order valence-corrected chi connectivity index (χ2v) is 7.43. The first-order valence-corrected chi connectivity index (χ1v) is 10.2. The van der Waals surface area contributed by atoms with Crippen molar-refractivity contribution in [1.29, 1.82) is 0 Å². The van der Waals surface area contributed by atoms with Gasteiger partial charge in [-0.3, -0.25) is 0 Å². The average Bonchev–Trinajstić information content (AvgIpc) is 3.12. The Labute approximate surface area is 163 Å². The maximum Gasteiger partial charge on any atom is 0.198 e. The van der Waals surface area contributed by atoms with Crippen LogP contribution >= 0.6 is 20.0 Å². The summed E-state index contributed by atoms with van der Waals surface area (Å²) in [7, 11) is -0.873. The summed E-state index contributed by atoms with van der Waals surface area (Å²) < 4.78 is 18.4. The number of ether oxygens (including phenoxy) is 1. The van der Waals surface area contributed by atoms with Crippen molar-refractivity contribution in [2.75, 3.05) is 31.9 Å². The summed E-state index contributed by atoms with van der Waals surface area (Å²) in [4.78, 5) is 12.3. The number of benzene rings is 1. The number of aromatic nitrogens is 4. The molecule has 2 aromatic heterocycles. The number of hydrogen-bond acceptors (Lipinski definition) is 7. The van der Waals surface area contributed by atoms with Gasteiger partial charge < -0.3 is 24.1 Å². The van der Waals surface area contributed by atoms with E-state index in [0.29, 0.717) is 30.8 Å². The molecule has 1 saturated heterocycles. The Morgan fingerprint density at radius 2 is 1.93 bits per heavy atom. The molecule has 144 valence electrons. The zero-order valence-electron chi connectivity index (χ0n) is 14.7. The fraction of sp³-hybridized carbons (Fsp3) is 0.353. The molecule has 0 bridgehead atoms. The molecule has 0 aliphatic carbocycles. The van der Waals surface area contributed by atoms with E-state index < -0.39 is 8.38 Å². The largest absolute Gasteiger partial charge is 0.382 e. The lowest BCUT2D eigenvalue weighted by Gasteiger charge is -2.21. The third kappa shape index (κ3) is 6.09. The Morgan fingerprint density at radius 1 is 1.15 bits per heavy atom. The van der Waals surface area contributed by atoms with Gasteiger partial charge in [0.15, 0.2) is 19.8 Å². The molecule has 2 N–H and O–H groups in total. The third-order valence-corrected chi connectivity index (χ3v) is 5.18. The van der Waals surface area contributed by atoms with Crippen LogP contribution in [-0.2, 0) is 20.3 Å². The zero-order chi connectivity index (χ0) is 18.9. The summed E-state index contributed by atoms with van der Waals surface area (Å²) >= 11 is 5.54. The SMILES string of the molecule is Clc1ccccc1.Nc1ncnc2c1ncn2CCOCP1OCCCO1. The summed E-state index contributed by atoms with van der Waals surface area (Å²) in [5, 5.41) is 0.794. The Hall–Kier alpha value is -1.83. The molecule has 3 aromatic rings. The normalized spacial score (nSPS) is 14.7. The van der Waals surface area contributed by atoms with E-state index in [2.05, 4.69) is 15.0 Å². The molecule has 1 aliphatic heterocycles. The summed E-state index contributed by atoms with van der Waals surface area (Å²) in [5.41, 5.74) is 7.07. The minimum atomic E-state index is -0.873. The van der Waals surface area contributed by atoms with Crippen LogP contribution in [-0.4, -0.2) is 45.7 Å². The number of hydrogen-bond donors (Lipinski definition) is 1. The molecule has 0 saturated carbocycles. The maximum atomic E-state index is 5.73. The van der Waals surface area contributed by atoms with E-state index in [1.54, 1.807) is 6.33 Å². The molecule has 27 heavy (non-hydrogen) atoms. The van der Waals surface area contributed by atoms with Crippen LogP contribution in [0.15, 0.2) is 43.0 Å². The highest BCUT2D eigenvalue weighted by molar-refractivity contribution is 7.47. The number of anilines is 1. The van der Waals surface area contributed by atoms with E-state index in [4.69, 9.17) is 31.1 Å². The second kappa shape index (κ2) is 10.5. The number of nitrogens with two attached hydrogens (primary N) is 1. The quantitative estimate of drug-likeness (QED) is 0.509. The molecule has 10 heteroatoms. The van der Waals surface area contributed by atoms with E-state index in [-0.39, 0.29) is 0 Å². The van der Waals surface area contributed by atoms with E-state index >= 15 is 0 Å². The van der Waals surface area contributed by atoms with Gasteiger partial charge in [0, 0.05) is 11.6 Å². The molecule has 4 rings (SSSR count). The number of rotatable bonds is 5.